The number of carbonyl (C=O) groups excluding carboxylic acids is 2. The molecule has 2 aromatic carbocycles. The number of carbonyl (C=O) groups is 2. The van der Waals surface area contributed by atoms with Crippen LogP contribution in [0.15, 0.2) is 54.3 Å². The quantitative estimate of drug-likeness (QED) is 0.665. The van der Waals surface area contributed by atoms with Crippen molar-refractivity contribution in [3.8, 4) is 5.75 Å². The van der Waals surface area contributed by atoms with Gasteiger partial charge in [-0.3, -0.25) is 9.59 Å². The smallest absolute Gasteiger partial charge is 0.289 e. The number of nitrogens with zero attached hydrogens (tertiary/aromatic N) is 1. The summed E-state index contributed by atoms with van der Waals surface area (Å²) in [6.07, 6.45) is 5.34. The van der Waals surface area contributed by atoms with E-state index in [4.69, 9.17) is 21.1 Å². The highest BCUT2D eigenvalue weighted by Gasteiger charge is 2.42. The van der Waals surface area contributed by atoms with Crippen LogP contribution in [-0.4, -0.2) is 42.5 Å². The van der Waals surface area contributed by atoms with Crippen molar-refractivity contribution < 1.29 is 19.1 Å². The standard InChI is InChI=1S/C25H27ClN2O4/c1-31-19-12-10-17(11-13-19)15-27-24(29)16-28-21-8-4-5-9-22(21)32-23(25(28)30)14-18-6-2-3-7-20(18)26/h2-3,6-7,10-14,21-22H,4-5,8-9,15-16H2,1H3,(H,27,29)/b23-14+. The summed E-state index contributed by atoms with van der Waals surface area (Å²) in [5.74, 6) is 0.537. The molecule has 6 nitrogen and oxygen atoms in total. The Balaban J connectivity index is 1.47. The first-order valence-corrected chi connectivity index (χ1v) is 11.3. The van der Waals surface area contributed by atoms with E-state index in [1.165, 1.54) is 0 Å². The van der Waals surface area contributed by atoms with Gasteiger partial charge >= 0.3 is 0 Å². The molecule has 1 saturated carbocycles. The molecule has 0 radical (unpaired) electrons. The van der Waals surface area contributed by atoms with Crippen molar-refractivity contribution in [1.82, 2.24) is 10.2 Å². The Labute approximate surface area is 193 Å². The minimum absolute atomic E-state index is 0.000619. The maximum atomic E-state index is 13.3. The molecule has 1 heterocycles. The number of ether oxygens (including phenoxy) is 2. The van der Waals surface area contributed by atoms with Gasteiger partial charge in [-0.15, -0.1) is 0 Å². The van der Waals surface area contributed by atoms with Crippen LogP contribution in [0, 0.1) is 0 Å². The van der Waals surface area contributed by atoms with Gasteiger partial charge in [0, 0.05) is 11.6 Å². The summed E-state index contributed by atoms with van der Waals surface area (Å²) in [4.78, 5) is 27.7. The highest BCUT2D eigenvalue weighted by atomic mass is 35.5. The molecule has 2 atom stereocenters. The molecule has 1 N–H and O–H groups in total. The molecule has 1 aliphatic heterocycles. The van der Waals surface area contributed by atoms with Gasteiger partial charge in [0.1, 0.15) is 18.4 Å². The zero-order valence-corrected chi connectivity index (χ0v) is 18.8. The van der Waals surface area contributed by atoms with Gasteiger partial charge in [0.2, 0.25) is 5.91 Å². The lowest BCUT2D eigenvalue weighted by molar-refractivity contribution is -0.151. The maximum absolute atomic E-state index is 13.3. The predicted octanol–water partition coefficient (Wildman–Crippen LogP) is 4.18. The van der Waals surface area contributed by atoms with Gasteiger partial charge in [0.25, 0.3) is 5.91 Å². The van der Waals surface area contributed by atoms with Crippen molar-refractivity contribution in [3.63, 3.8) is 0 Å². The molecule has 2 amide bonds. The van der Waals surface area contributed by atoms with Crippen molar-refractivity contribution in [2.24, 2.45) is 0 Å². The van der Waals surface area contributed by atoms with Gasteiger partial charge in [-0.25, -0.2) is 0 Å². The Morgan fingerprint density at radius 2 is 1.94 bits per heavy atom. The van der Waals surface area contributed by atoms with Crippen molar-refractivity contribution in [1.29, 1.82) is 0 Å². The highest BCUT2D eigenvalue weighted by molar-refractivity contribution is 6.32. The molecule has 7 heteroatoms. The first-order valence-electron chi connectivity index (χ1n) is 10.9. The van der Waals surface area contributed by atoms with Gasteiger partial charge in [0.15, 0.2) is 5.76 Å². The Hall–Kier alpha value is -2.99. The van der Waals surface area contributed by atoms with E-state index >= 15 is 0 Å². The average Bonchev–Trinajstić information content (AvgIpc) is 2.82. The molecular formula is C25H27ClN2O4. The minimum Gasteiger partial charge on any atom is -0.497 e. The van der Waals surface area contributed by atoms with Crippen molar-refractivity contribution >= 4 is 29.5 Å². The predicted molar refractivity (Wildman–Crippen MR) is 123 cm³/mol. The van der Waals surface area contributed by atoms with Gasteiger partial charge in [-0.1, -0.05) is 48.4 Å². The van der Waals surface area contributed by atoms with E-state index in [1.54, 1.807) is 24.2 Å². The summed E-state index contributed by atoms with van der Waals surface area (Å²) < 4.78 is 11.3. The third-order valence-electron chi connectivity index (χ3n) is 5.97. The lowest BCUT2D eigenvalue weighted by Crippen LogP contribution is -2.57. The molecular weight excluding hydrogens is 428 g/mol. The number of halogens is 1. The summed E-state index contributed by atoms with van der Waals surface area (Å²) >= 11 is 6.27. The first kappa shape index (κ1) is 22.2. The molecule has 0 spiro atoms. The largest absolute Gasteiger partial charge is 0.497 e. The Morgan fingerprint density at radius 1 is 1.19 bits per heavy atom. The number of morpholine rings is 1. The number of hydrogen-bond donors (Lipinski definition) is 1. The van der Waals surface area contributed by atoms with Crippen LogP contribution in [0.2, 0.25) is 5.02 Å². The third kappa shape index (κ3) is 5.07. The molecule has 168 valence electrons. The van der Waals surface area contributed by atoms with Crippen molar-refractivity contribution in [3.05, 3.63) is 70.4 Å². The van der Waals surface area contributed by atoms with E-state index in [9.17, 15) is 9.59 Å². The summed E-state index contributed by atoms with van der Waals surface area (Å²) in [6.45, 7) is 0.386. The number of hydrogen-bond acceptors (Lipinski definition) is 4. The molecule has 2 aliphatic rings. The third-order valence-corrected chi connectivity index (χ3v) is 6.32. The van der Waals surface area contributed by atoms with Crippen LogP contribution in [0.25, 0.3) is 6.08 Å². The normalized spacial score (nSPS) is 21.6. The maximum Gasteiger partial charge on any atom is 0.289 e. The molecule has 2 unspecified atom stereocenters. The SMILES string of the molecule is COc1ccc(CNC(=O)CN2C(=O)/C(=C\c3ccccc3Cl)OC3CCCCC32)cc1. The molecule has 1 saturated heterocycles. The van der Waals surface area contributed by atoms with Crippen LogP contribution < -0.4 is 10.1 Å². The number of amides is 2. The van der Waals surface area contributed by atoms with Crippen LogP contribution in [0.5, 0.6) is 5.75 Å². The van der Waals surface area contributed by atoms with Gasteiger partial charge in [0.05, 0.1) is 13.2 Å². The fourth-order valence-electron chi connectivity index (χ4n) is 4.25. The van der Waals surface area contributed by atoms with Crippen molar-refractivity contribution in [2.75, 3.05) is 13.7 Å². The van der Waals surface area contributed by atoms with E-state index in [0.717, 1.165) is 42.6 Å². The van der Waals surface area contributed by atoms with Crippen LogP contribution in [0.1, 0.15) is 36.8 Å². The summed E-state index contributed by atoms with van der Waals surface area (Å²) in [6, 6.07) is 14.7. The second-order valence-corrected chi connectivity index (χ2v) is 8.50. The second-order valence-electron chi connectivity index (χ2n) is 8.10. The Kier molecular flexibility index (Phi) is 7.00. The topological polar surface area (TPSA) is 67.9 Å². The fraction of sp³-hybridized carbons (Fsp3) is 0.360. The highest BCUT2D eigenvalue weighted by Crippen LogP contribution is 2.33. The number of rotatable bonds is 6. The molecule has 2 fully saturated rings. The second kappa shape index (κ2) is 10.1. The molecule has 2 aromatic rings. The van der Waals surface area contributed by atoms with Crippen molar-refractivity contribution in [2.45, 2.75) is 44.4 Å². The average molecular weight is 455 g/mol. The van der Waals surface area contributed by atoms with E-state index in [-0.39, 0.29) is 36.3 Å². The lowest BCUT2D eigenvalue weighted by atomic mass is 9.89. The summed E-state index contributed by atoms with van der Waals surface area (Å²) in [5.41, 5.74) is 1.68. The van der Waals surface area contributed by atoms with Gasteiger partial charge in [-0.05, 0) is 54.7 Å². The Bertz CT molecular complexity index is 1010. The lowest BCUT2D eigenvalue weighted by Gasteiger charge is -2.44. The summed E-state index contributed by atoms with van der Waals surface area (Å²) in [5, 5.41) is 3.47. The van der Waals surface area contributed by atoms with E-state index < -0.39 is 0 Å². The minimum atomic E-state index is -0.271. The monoisotopic (exact) mass is 454 g/mol. The first-order chi connectivity index (χ1) is 15.5. The molecule has 1 aliphatic carbocycles. The molecule has 0 bridgehead atoms. The van der Waals surface area contributed by atoms with Crippen LogP contribution in [0.4, 0.5) is 0 Å². The number of fused-ring (bicyclic) bond motifs is 1. The number of methoxy groups -OCH3 is 1. The van der Waals surface area contributed by atoms with Crippen LogP contribution >= 0.6 is 11.6 Å². The molecule has 4 rings (SSSR count). The number of nitrogens with one attached hydrogen (secondary N) is 1. The zero-order chi connectivity index (χ0) is 22.5. The fourth-order valence-corrected chi connectivity index (χ4v) is 4.44. The van der Waals surface area contributed by atoms with E-state index in [1.807, 2.05) is 42.5 Å². The van der Waals surface area contributed by atoms with E-state index in [0.29, 0.717) is 11.6 Å². The zero-order valence-electron chi connectivity index (χ0n) is 18.1. The molecule has 0 aromatic heterocycles. The van der Waals surface area contributed by atoms with E-state index in [2.05, 4.69) is 5.32 Å². The van der Waals surface area contributed by atoms with Gasteiger partial charge < -0.3 is 19.7 Å². The van der Waals surface area contributed by atoms with Gasteiger partial charge in [-0.2, -0.15) is 0 Å². The molecule has 32 heavy (non-hydrogen) atoms. The van der Waals surface area contributed by atoms with Crippen LogP contribution in [0.3, 0.4) is 0 Å². The Morgan fingerprint density at radius 3 is 2.69 bits per heavy atom. The summed E-state index contributed by atoms with van der Waals surface area (Å²) in [7, 11) is 1.61. The van der Waals surface area contributed by atoms with Crippen LogP contribution in [-0.2, 0) is 20.9 Å². The number of benzene rings is 2.